The van der Waals surface area contributed by atoms with Crippen molar-refractivity contribution in [1.82, 2.24) is 5.32 Å². The van der Waals surface area contributed by atoms with Gasteiger partial charge in [-0.2, -0.15) is 0 Å². The van der Waals surface area contributed by atoms with Crippen LogP contribution in [0.3, 0.4) is 0 Å². The Kier molecular flexibility index (Phi) is 5.89. The number of carbonyl (C=O) groups is 1. The summed E-state index contributed by atoms with van der Waals surface area (Å²) in [6.45, 7) is 7.63. The molecule has 0 saturated heterocycles. The van der Waals surface area contributed by atoms with E-state index in [2.05, 4.69) is 36.5 Å². The zero-order valence-corrected chi connectivity index (χ0v) is 15.4. The van der Waals surface area contributed by atoms with Gasteiger partial charge in [-0.25, -0.2) is 0 Å². The lowest BCUT2D eigenvalue weighted by Gasteiger charge is -2.28. The molecule has 2 rings (SSSR count). The Morgan fingerprint density at radius 3 is 2.25 bits per heavy atom. The fourth-order valence-corrected chi connectivity index (χ4v) is 2.52. The molecule has 0 saturated carbocycles. The van der Waals surface area contributed by atoms with E-state index in [1.165, 1.54) is 5.56 Å². The van der Waals surface area contributed by atoms with Crippen molar-refractivity contribution >= 4 is 17.5 Å². The van der Waals surface area contributed by atoms with Crippen molar-refractivity contribution in [2.45, 2.75) is 45.8 Å². The van der Waals surface area contributed by atoms with Gasteiger partial charge < -0.3 is 10.1 Å². The van der Waals surface area contributed by atoms with Crippen LogP contribution in [0.5, 0.6) is 5.75 Å². The summed E-state index contributed by atoms with van der Waals surface area (Å²) in [5.41, 5.74) is 1.32. The first-order valence-corrected chi connectivity index (χ1v) is 8.51. The molecule has 2 aromatic carbocycles. The van der Waals surface area contributed by atoms with Crippen LogP contribution < -0.4 is 10.1 Å². The molecule has 1 amide bonds. The number of aryl methyl sites for hydroxylation is 1. The Bertz CT molecular complexity index is 678. The smallest absolute Gasteiger partial charge is 0.264 e. The Morgan fingerprint density at radius 1 is 1.12 bits per heavy atom. The predicted octanol–water partition coefficient (Wildman–Crippen LogP) is 5.07. The van der Waals surface area contributed by atoms with Crippen LogP contribution >= 0.6 is 11.6 Å². The highest BCUT2D eigenvalue weighted by Crippen LogP contribution is 2.23. The molecule has 0 aliphatic heterocycles. The predicted molar refractivity (Wildman–Crippen MR) is 98.5 cm³/mol. The first-order chi connectivity index (χ1) is 11.3. The minimum atomic E-state index is -0.980. The van der Waals surface area contributed by atoms with Gasteiger partial charge in [-0.15, -0.1) is 0 Å². The van der Waals surface area contributed by atoms with Crippen LogP contribution in [0.1, 0.15) is 44.4 Å². The topological polar surface area (TPSA) is 38.3 Å². The summed E-state index contributed by atoms with van der Waals surface area (Å²) in [6, 6.07) is 15.2. The Labute approximate surface area is 149 Å². The molecule has 4 heteroatoms. The molecule has 0 fully saturated rings. The number of hydrogen-bond acceptors (Lipinski definition) is 2. The molecular weight excluding hydrogens is 322 g/mol. The Morgan fingerprint density at radius 2 is 1.71 bits per heavy atom. The summed E-state index contributed by atoms with van der Waals surface area (Å²) in [5, 5.41) is 3.72. The SMILES string of the molecule is CCC(NC(=O)C(C)(C)Oc1ccc(Cl)cc1)c1ccc(C)cc1. The van der Waals surface area contributed by atoms with E-state index in [-0.39, 0.29) is 11.9 Å². The second-order valence-electron chi connectivity index (χ2n) is 6.41. The van der Waals surface area contributed by atoms with Crippen molar-refractivity contribution in [1.29, 1.82) is 0 Å². The molecule has 1 N–H and O–H groups in total. The fourth-order valence-electron chi connectivity index (χ4n) is 2.40. The summed E-state index contributed by atoms with van der Waals surface area (Å²) in [7, 11) is 0. The van der Waals surface area contributed by atoms with E-state index in [0.717, 1.165) is 12.0 Å². The van der Waals surface area contributed by atoms with Gasteiger partial charge in [-0.1, -0.05) is 48.4 Å². The van der Waals surface area contributed by atoms with Gasteiger partial charge in [-0.05, 0) is 57.0 Å². The van der Waals surface area contributed by atoms with Crippen molar-refractivity contribution in [3.05, 3.63) is 64.7 Å². The van der Waals surface area contributed by atoms with Gasteiger partial charge in [0.2, 0.25) is 0 Å². The van der Waals surface area contributed by atoms with Crippen LogP contribution in [0.25, 0.3) is 0 Å². The number of carbonyl (C=O) groups excluding carboxylic acids is 1. The molecular formula is C20H24ClNO2. The van der Waals surface area contributed by atoms with E-state index in [0.29, 0.717) is 10.8 Å². The average molecular weight is 346 g/mol. The van der Waals surface area contributed by atoms with Crippen LogP contribution in [0.2, 0.25) is 5.02 Å². The Balaban J connectivity index is 2.07. The lowest BCUT2D eigenvalue weighted by molar-refractivity contribution is -0.135. The van der Waals surface area contributed by atoms with Crippen LogP contribution in [-0.4, -0.2) is 11.5 Å². The molecule has 3 nitrogen and oxygen atoms in total. The van der Waals surface area contributed by atoms with Crippen LogP contribution in [0.15, 0.2) is 48.5 Å². The molecule has 1 unspecified atom stereocenters. The summed E-state index contributed by atoms with van der Waals surface area (Å²) < 4.78 is 5.85. The highest BCUT2D eigenvalue weighted by Gasteiger charge is 2.31. The minimum absolute atomic E-state index is 0.0359. The van der Waals surface area contributed by atoms with Crippen molar-refractivity contribution in [3.8, 4) is 5.75 Å². The summed E-state index contributed by atoms with van der Waals surface area (Å²) >= 11 is 5.88. The number of rotatable bonds is 6. The molecule has 0 spiro atoms. The number of nitrogens with one attached hydrogen (secondary N) is 1. The van der Waals surface area contributed by atoms with Crippen molar-refractivity contribution in [2.24, 2.45) is 0 Å². The molecule has 0 radical (unpaired) electrons. The van der Waals surface area contributed by atoms with Crippen LogP contribution in [0.4, 0.5) is 0 Å². The first kappa shape index (κ1) is 18.3. The number of ether oxygens (including phenoxy) is 1. The summed E-state index contributed by atoms with van der Waals surface area (Å²) in [6.07, 6.45) is 0.811. The molecule has 2 aromatic rings. The molecule has 0 aliphatic rings. The zero-order valence-electron chi connectivity index (χ0n) is 14.6. The molecule has 0 aromatic heterocycles. The van der Waals surface area contributed by atoms with Gasteiger partial charge in [-0.3, -0.25) is 4.79 Å². The lowest BCUT2D eigenvalue weighted by Crippen LogP contribution is -2.47. The normalized spacial score (nSPS) is 12.5. The van der Waals surface area contributed by atoms with Gasteiger partial charge >= 0.3 is 0 Å². The summed E-state index contributed by atoms with van der Waals surface area (Å²) in [5.74, 6) is 0.466. The largest absolute Gasteiger partial charge is 0.478 e. The minimum Gasteiger partial charge on any atom is -0.478 e. The van der Waals surface area contributed by atoms with Crippen molar-refractivity contribution < 1.29 is 9.53 Å². The van der Waals surface area contributed by atoms with Gasteiger partial charge in [0.1, 0.15) is 5.75 Å². The fraction of sp³-hybridized carbons (Fsp3) is 0.350. The molecule has 0 heterocycles. The molecule has 1 atom stereocenters. The number of amides is 1. The van der Waals surface area contributed by atoms with E-state index < -0.39 is 5.60 Å². The van der Waals surface area contributed by atoms with E-state index in [1.807, 2.05) is 6.92 Å². The van der Waals surface area contributed by atoms with Gasteiger partial charge in [0, 0.05) is 5.02 Å². The molecule has 128 valence electrons. The maximum atomic E-state index is 12.7. The average Bonchev–Trinajstić information content (AvgIpc) is 2.55. The second-order valence-corrected chi connectivity index (χ2v) is 6.85. The second kappa shape index (κ2) is 7.71. The van der Waals surface area contributed by atoms with Gasteiger partial charge in [0.25, 0.3) is 5.91 Å². The van der Waals surface area contributed by atoms with Gasteiger partial charge in [0.05, 0.1) is 6.04 Å². The number of hydrogen-bond donors (Lipinski definition) is 1. The lowest BCUT2D eigenvalue weighted by atomic mass is 10.0. The third kappa shape index (κ3) is 4.75. The van der Waals surface area contributed by atoms with Crippen molar-refractivity contribution in [3.63, 3.8) is 0 Å². The van der Waals surface area contributed by atoms with E-state index >= 15 is 0 Å². The molecule has 0 bridgehead atoms. The van der Waals surface area contributed by atoms with Crippen LogP contribution in [0, 0.1) is 6.92 Å². The highest BCUT2D eigenvalue weighted by atomic mass is 35.5. The number of benzene rings is 2. The standard InChI is InChI=1S/C20H24ClNO2/c1-5-18(15-8-6-14(2)7-9-15)22-19(23)20(3,4)24-17-12-10-16(21)11-13-17/h6-13,18H,5H2,1-4H3,(H,22,23). The first-order valence-electron chi connectivity index (χ1n) is 8.14. The Hall–Kier alpha value is -2.00. The quantitative estimate of drug-likeness (QED) is 0.793. The highest BCUT2D eigenvalue weighted by molar-refractivity contribution is 6.30. The van der Waals surface area contributed by atoms with Crippen LogP contribution in [-0.2, 0) is 4.79 Å². The molecule has 0 aliphatic carbocycles. The van der Waals surface area contributed by atoms with Gasteiger partial charge in [0.15, 0.2) is 5.60 Å². The maximum Gasteiger partial charge on any atom is 0.264 e. The maximum absolute atomic E-state index is 12.7. The van der Waals surface area contributed by atoms with E-state index in [4.69, 9.17) is 16.3 Å². The van der Waals surface area contributed by atoms with E-state index in [1.54, 1.807) is 38.1 Å². The molecule has 24 heavy (non-hydrogen) atoms. The zero-order chi connectivity index (χ0) is 17.7. The third-order valence-corrected chi connectivity index (χ3v) is 4.18. The number of halogens is 1. The summed E-state index contributed by atoms with van der Waals surface area (Å²) in [4.78, 5) is 12.7. The third-order valence-electron chi connectivity index (χ3n) is 3.93. The van der Waals surface area contributed by atoms with E-state index in [9.17, 15) is 4.79 Å². The van der Waals surface area contributed by atoms with Crippen molar-refractivity contribution in [2.75, 3.05) is 0 Å². The monoisotopic (exact) mass is 345 g/mol.